The molecule has 0 radical (unpaired) electrons. The molecule has 0 aliphatic heterocycles. The fourth-order valence-electron chi connectivity index (χ4n) is 1.94. The summed E-state index contributed by atoms with van der Waals surface area (Å²) in [6.07, 6.45) is 5.19. The fraction of sp³-hybridized carbons (Fsp3) is 0.500. The van der Waals surface area contributed by atoms with Crippen molar-refractivity contribution in [1.82, 2.24) is 20.6 Å². The number of aromatic amines is 1. The standard InChI is InChI=1S/C14H19ClN4O2/c1-20-11-7-8-13(12(15)10-11)21-9-5-3-2-4-6-14-16-18-19-17-14/h7-8,10H,2-6,9H2,1H3,(H,16,17,18,19). The molecule has 0 aliphatic carbocycles. The largest absolute Gasteiger partial charge is 0.497 e. The molecule has 1 aromatic heterocycles. The molecule has 7 heteroatoms. The molecule has 6 nitrogen and oxygen atoms in total. The number of ether oxygens (including phenoxy) is 2. The molecule has 0 bridgehead atoms. The summed E-state index contributed by atoms with van der Waals surface area (Å²) in [5.74, 6) is 2.27. The molecule has 21 heavy (non-hydrogen) atoms. The van der Waals surface area contributed by atoms with Crippen LogP contribution in [-0.4, -0.2) is 34.3 Å². The summed E-state index contributed by atoms with van der Waals surface area (Å²) in [5, 5.41) is 14.3. The summed E-state index contributed by atoms with van der Waals surface area (Å²) in [5.41, 5.74) is 0. The first-order chi connectivity index (χ1) is 10.3. The molecule has 114 valence electrons. The Morgan fingerprint density at radius 1 is 1.19 bits per heavy atom. The average Bonchev–Trinajstić information content (AvgIpc) is 3.01. The first-order valence-corrected chi connectivity index (χ1v) is 7.36. The van der Waals surface area contributed by atoms with Crippen LogP contribution in [0.1, 0.15) is 31.5 Å². The summed E-state index contributed by atoms with van der Waals surface area (Å²) < 4.78 is 10.8. The summed E-state index contributed by atoms with van der Waals surface area (Å²) >= 11 is 6.10. The van der Waals surface area contributed by atoms with E-state index >= 15 is 0 Å². The molecule has 0 atom stereocenters. The minimum Gasteiger partial charge on any atom is -0.497 e. The molecule has 0 saturated carbocycles. The van der Waals surface area contributed by atoms with Crippen molar-refractivity contribution in [1.29, 1.82) is 0 Å². The second-order valence-corrected chi connectivity index (χ2v) is 5.06. The lowest BCUT2D eigenvalue weighted by molar-refractivity contribution is 0.304. The topological polar surface area (TPSA) is 72.9 Å². The summed E-state index contributed by atoms with van der Waals surface area (Å²) in [4.78, 5) is 0. The summed E-state index contributed by atoms with van der Waals surface area (Å²) in [6.45, 7) is 0.663. The number of halogens is 1. The Balaban J connectivity index is 1.57. The van der Waals surface area contributed by atoms with Crippen LogP contribution < -0.4 is 9.47 Å². The third kappa shape index (κ3) is 5.23. The van der Waals surface area contributed by atoms with Gasteiger partial charge in [0.2, 0.25) is 0 Å². The van der Waals surface area contributed by atoms with Gasteiger partial charge in [0.1, 0.15) is 17.3 Å². The first-order valence-electron chi connectivity index (χ1n) is 6.98. The van der Waals surface area contributed by atoms with E-state index in [1.807, 2.05) is 12.1 Å². The lowest BCUT2D eigenvalue weighted by Gasteiger charge is -2.09. The Morgan fingerprint density at radius 2 is 2.05 bits per heavy atom. The number of hydrogen-bond acceptors (Lipinski definition) is 5. The van der Waals surface area contributed by atoms with Crippen LogP contribution in [0.5, 0.6) is 11.5 Å². The minimum atomic E-state index is 0.576. The van der Waals surface area contributed by atoms with E-state index in [0.717, 1.165) is 43.7 Å². The van der Waals surface area contributed by atoms with E-state index in [2.05, 4.69) is 20.6 Å². The Bertz CT molecular complexity index is 534. The summed E-state index contributed by atoms with van der Waals surface area (Å²) in [6, 6.07) is 5.42. The second kappa shape index (κ2) is 8.46. The van der Waals surface area contributed by atoms with Gasteiger partial charge in [-0.05, 0) is 35.4 Å². The highest BCUT2D eigenvalue weighted by molar-refractivity contribution is 6.32. The quantitative estimate of drug-likeness (QED) is 0.721. The van der Waals surface area contributed by atoms with Crippen molar-refractivity contribution in [3.63, 3.8) is 0 Å². The van der Waals surface area contributed by atoms with Gasteiger partial charge in [-0.15, -0.1) is 5.10 Å². The molecular formula is C14H19ClN4O2. The third-order valence-electron chi connectivity index (χ3n) is 3.09. The predicted octanol–water partition coefficient (Wildman–Crippen LogP) is 3.04. The van der Waals surface area contributed by atoms with E-state index in [1.165, 1.54) is 0 Å². The number of benzene rings is 1. The zero-order chi connectivity index (χ0) is 14.9. The van der Waals surface area contributed by atoms with Crippen LogP contribution in [0.3, 0.4) is 0 Å². The lowest BCUT2D eigenvalue weighted by atomic mass is 10.1. The Labute approximate surface area is 128 Å². The zero-order valence-electron chi connectivity index (χ0n) is 12.0. The highest BCUT2D eigenvalue weighted by Gasteiger charge is 2.03. The Hall–Kier alpha value is -1.82. The maximum absolute atomic E-state index is 6.10. The zero-order valence-corrected chi connectivity index (χ0v) is 12.8. The van der Waals surface area contributed by atoms with Crippen LogP contribution in [0.4, 0.5) is 0 Å². The number of nitrogens with zero attached hydrogens (tertiary/aromatic N) is 3. The molecule has 0 saturated heterocycles. The molecule has 0 spiro atoms. The number of H-pyrrole nitrogens is 1. The van der Waals surface area contributed by atoms with Gasteiger partial charge in [-0.2, -0.15) is 0 Å². The first kappa shape index (κ1) is 15.6. The maximum Gasteiger partial charge on any atom is 0.148 e. The number of rotatable bonds is 9. The molecule has 0 unspecified atom stereocenters. The van der Waals surface area contributed by atoms with E-state index in [4.69, 9.17) is 21.1 Å². The number of unbranched alkanes of at least 4 members (excludes halogenated alkanes) is 3. The number of aromatic nitrogens is 4. The second-order valence-electron chi connectivity index (χ2n) is 4.66. The van der Waals surface area contributed by atoms with Crippen molar-refractivity contribution in [2.75, 3.05) is 13.7 Å². The van der Waals surface area contributed by atoms with Gasteiger partial charge in [0.25, 0.3) is 0 Å². The molecule has 0 amide bonds. The van der Waals surface area contributed by atoms with E-state index in [1.54, 1.807) is 13.2 Å². The smallest absolute Gasteiger partial charge is 0.148 e. The maximum atomic E-state index is 6.10. The van der Waals surface area contributed by atoms with E-state index < -0.39 is 0 Å². The number of tetrazole rings is 1. The average molecular weight is 311 g/mol. The van der Waals surface area contributed by atoms with Gasteiger partial charge in [-0.1, -0.05) is 24.4 Å². The van der Waals surface area contributed by atoms with Crippen LogP contribution in [0.25, 0.3) is 0 Å². The molecule has 1 N–H and O–H groups in total. The van der Waals surface area contributed by atoms with Gasteiger partial charge in [0.15, 0.2) is 0 Å². The van der Waals surface area contributed by atoms with Gasteiger partial charge in [-0.3, -0.25) is 0 Å². The third-order valence-corrected chi connectivity index (χ3v) is 3.39. The van der Waals surface area contributed by atoms with Crippen molar-refractivity contribution >= 4 is 11.6 Å². The van der Waals surface area contributed by atoms with Crippen molar-refractivity contribution in [2.24, 2.45) is 0 Å². The van der Waals surface area contributed by atoms with Gasteiger partial charge < -0.3 is 9.47 Å². The van der Waals surface area contributed by atoms with Gasteiger partial charge >= 0.3 is 0 Å². The van der Waals surface area contributed by atoms with Crippen LogP contribution in [0.15, 0.2) is 18.2 Å². The highest BCUT2D eigenvalue weighted by Crippen LogP contribution is 2.28. The SMILES string of the molecule is COc1ccc(OCCCCCCc2nnn[nH]2)c(Cl)c1. The lowest BCUT2D eigenvalue weighted by Crippen LogP contribution is -1.98. The Kier molecular flexibility index (Phi) is 6.27. The van der Waals surface area contributed by atoms with Crippen molar-refractivity contribution in [2.45, 2.75) is 32.1 Å². The highest BCUT2D eigenvalue weighted by atomic mass is 35.5. The molecule has 1 heterocycles. The molecule has 0 fully saturated rings. The van der Waals surface area contributed by atoms with E-state index in [0.29, 0.717) is 17.4 Å². The number of hydrogen-bond donors (Lipinski definition) is 1. The normalized spacial score (nSPS) is 10.6. The monoisotopic (exact) mass is 310 g/mol. The fourth-order valence-corrected chi connectivity index (χ4v) is 2.17. The van der Waals surface area contributed by atoms with E-state index in [-0.39, 0.29) is 0 Å². The van der Waals surface area contributed by atoms with Crippen LogP contribution >= 0.6 is 11.6 Å². The molecule has 1 aromatic carbocycles. The molecule has 2 aromatic rings. The number of aryl methyl sites for hydroxylation is 1. The van der Waals surface area contributed by atoms with Gasteiger partial charge in [-0.25, -0.2) is 5.10 Å². The van der Waals surface area contributed by atoms with Crippen LogP contribution in [0.2, 0.25) is 5.02 Å². The number of methoxy groups -OCH3 is 1. The minimum absolute atomic E-state index is 0.576. The van der Waals surface area contributed by atoms with Gasteiger partial charge in [0, 0.05) is 12.5 Å². The van der Waals surface area contributed by atoms with Crippen LogP contribution in [-0.2, 0) is 6.42 Å². The van der Waals surface area contributed by atoms with Crippen molar-refractivity contribution in [3.05, 3.63) is 29.0 Å². The molecule has 0 aliphatic rings. The Morgan fingerprint density at radius 3 is 2.76 bits per heavy atom. The summed E-state index contributed by atoms with van der Waals surface area (Å²) in [7, 11) is 1.61. The van der Waals surface area contributed by atoms with Crippen LogP contribution in [0, 0.1) is 0 Å². The van der Waals surface area contributed by atoms with Crippen molar-refractivity contribution < 1.29 is 9.47 Å². The van der Waals surface area contributed by atoms with E-state index in [9.17, 15) is 0 Å². The molecular weight excluding hydrogens is 292 g/mol. The van der Waals surface area contributed by atoms with Crippen molar-refractivity contribution in [3.8, 4) is 11.5 Å². The predicted molar refractivity (Wildman–Crippen MR) is 79.8 cm³/mol. The molecule has 2 rings (SSSR count). The van der Waals surface area contributed by atoms with Gasteiger partial charge in [0.05, 0.1) is 18.7 Å². The number of nitrogens with one attached hydrogen (secondary N) is 1.